The number of carbonyl (C=O) groups excluding carboxylic acids is 2. The second kappa shape index (κ2) is 11.9. The molecule has 8 nitrogen and oxygen atoms in total. The number of nitrogens with zero attached hydrogens (tertiary/aromatic N) is 1. The minimum Gasteiger partial charge on any atom is -0.550 e. The fourth-order valence-electron chi connectivity index (χ4n) is 3.54. The number of benzene rings is 2. The molecule has 0 spiro atoms. The Hall–Kier alpha value is -3.24. The second-order valence-electron chi connectivity index (χ2n) is 8.16. The summed E-state index contributed by atoms with van der Waals surface area (Å²) < 4.78 is 26.0. The number of nitrogens with one attached hydrogen (secondary N) is 2. The van der Waals surface area contributed by atoms with Crippen LogP contribution in [-0.2, 0) is 27.6 Å². The highest BCUT2D eigenvalue weighted by atomic mass is 32.2. The smallest absolute Gasteiger partial charge is 0.257 e. The van der Waals surface area contributed by atoms with Crippen LogP contribution in [-0.4, -0.2) is 31.0 Å². The summed E-state index contributed by atoms with van der Waals surface area (Å²) in [6.07, 6.45) is 1.32. The predicted octanol–water partition coefficient (Wildman–Crippen LogP) is 3.51. The molecule has 1 amide bonds. The zero-order valence-corrected chi connectivity index (χ0v) is 21.2. The first-order valence-electron chi connectivity index (χ1n) is 11.3. The molecule has 1 heterocycles. The number of carboxylic acid groups (broad SMARTS) is 1. The van der Waals surface area contributed by atoms with Gasteiger partial charge in [0.05, 0.1) is 22.0 Å². The number of hydrogen-bond acceptors (Lipinski definition) is 8. The van der Waals surface area contributed by atoms with Crippen LogP contribution >= 0.6 is 11.3 Å². The standard InChI is InChI=1S/C25H29N3O5S2/c1-3-17(4-2)16-35(32,33)22-8-6-5-7-21(22)26-14-18-9-11-19(12-10-18)24(31)28-25-27-20(15-34-25)13-23(29)30/h5-12,15,17,26H,3-4,13-14,16H2,1-2H3,(H,29,30)(H,27,28,31)/p-1. The average molecular weight is 515 g/mol. The van der Waals surface area contributed by atoms with E-state index in [-0.39, 0.29) is 24.0 Å². The van der Waals surface area contributed by atoms with Crippen molar-refractivity contribution in [2.24, 2.45) is 5.92 Å². The number of thiazole rings is 1. The summed E-state index contributed by atoms with van der Waals surface area (Å²) in [6, 6.07) is 13.8. The first kappa shape index (κ1) is 26.4. The largest absolute Gasteiger partial charge is 0.550 e. The van der Waals surface area contributed by atoms with Crippen molar-refractivity contribution in [3.05, 3.63) is 70.7 Å². The molecule has 0 bridgehead atoms. The molecule has 0 aliphatic heterocycles. The number of sulfone groups is 1. The molecule has 0 fully saturated rings. The maximum Gasteiger partial charge on any atom is 0.257 e. The molecular weight excluding hydrogens is 486 g/mol. The van der Waals surface area contributed by atoms with Gasteiger partial charge in [-0.1, -0.05) is 51.0 Å². The molecule has 2 aromatic carbocycles. The highest BCUT2D eigenvalue weighted by Gasteiger charge is 2.22. The topological polar surface area (TPSA) is 128 Å². The molecule has 3 aromatic rings. The first-order chi connectivity index (χ1) is 16.7. The summed E-state index contributed by atoms with van der Waals surface area (Å²) in [5.41, 5.74) is 2.17. The zero-order chi connectivity index (χ0) is 25.4. The number of carboxylic acids is 1. The van der Waals surface area contributed by atoms with Crippen molar-refractivity contribution in [1.29, 1.82) is 0 Å². The Kier molecular flexibility index (Phi) is 9.00. The molecule has 0 radical (unpaired) electrons. The number of amides is 1. The van der Waals surface area contributed by atoms with Crippen LogP contribution in [0.1, 0.15) is 48.3 Å². The summed E-state index contributed by atoms with van der Waals surface area (Å²) >= 11 is 1.14. The number of aromatic nitrogens is 1. The molecule has 2 N–H and O–H groups in total. The van der Waals surface area contributed by atoms with Crippen molar-refractivity contribution in [3.8, 4) is 0 Å². The lowest BCUT2D eigenvalue weighted by molar-refractivity contribution is -0.304. The van der Waals surface area contributed by atoms with Crippen molar-refractivity contribution < 1.29 is 23.1 Å². The molecule has 0 unspecified atom stereocenters. The van der Waals surface area contributed by atoms with Gasteiger partial charge < -0.3 is 15.2 Å². The maximum absolute atomic E-state index is 13.0. The van der Waals surface area contributed by atoms with Crippen LogP contribution in [0, 0.1) is 5.92 Å². The van der Waals surface area contributed by atoms with Crippen molar-refractivity contribution in [3.63, 3.8) is 0 Å². The summed E-state index contributed by atoms with van der Waals surface area (Å²) in [5.74, 6) is -1.35. The maximum atomic E-state index is 13.0. The number of para-hydroxylation sites is 1. The lowest BCUT2D eigenvalue weighted by atomic mass is 10.1. The summed E-state index contributed by atoms with van der Waals surface area (Å²) in [4.78, 5) is 27.5. The van der Waals surface area contributed by atoms with Crippen LogP contribution in [0.15, 0.2) is 58.8 Å². The number of hydrogen-bond donors (Lipinski definition) is 2. The Bertz CT molecular complexity index is 1270. The van der Waals surface area contributed by atoms with Crippen LogP contribution in [0.3, 0.4) is 0 Å². The molecule has 3 rings (SSSR count). The number of anilines is 2. The fourth-order valence-corrected chi connectivity index (χ4v) is 6.28. The van der Waals surface area contributed by atoms with E-state index in [4.69, 9.17) is 0 Å². The van der Waals surface area contributed by atoms with Crippen LogP contribution in [0.5, 0.6) is 0 Å². The van der Waals surface area contributed by atoms with E-state index >= 15 is 0 Å². The fraction of sp³-hybridized carbons (Fsp3) is 0.320. The normalized spacial score (nSPS) is 11.4. The minimum atomic E-state index is -3.43. The average Bonchev–Trinajstić information content (AvgIpc) is 3.27. The lowest BCUT2D eigenvalue weighted by Crippen LogP contribution is -2.24. The third-order valence-corrected chi connectivity index (χ3v) is 8.37. The number of aliphatic carboxylic acids is 1. The van der Waals surface area contributed by atoms with Gasteiger partial charge in [0, 0.05) is 29.9 Å². The Labute approximate surface area is 209 Å². The van der Waals surface area contributed by atoms with Crippen LogP contribution in [0.2, 0.25) is 0 Å². The van der Waals surface area contributed by atoms with E-state index in [1.54, 1.807) is 53.9 Å². The van der Waals surface area contributed by atoms with Gasteiger partial charge in [0.1, 0.15) is 0 Å². The van der Waals surface area contributed by atoms with Crippen molar-refractivity contribution in [1.82, 2.24) is 4.98 Å². The summed E-state index contributed by atoms with van der Waals surface area (Å²) in [5, 5.41) is 18.4. The first-order valence-corrected chi connectivity index (χ1v) is 13.8. The number of rotatable bonds is 12. The van der Waals surface area contributed by atoms with E-state index in [9.17, 15) is 23.1 Å². The number of carbonyl (C=O) groups is 2. The molecule has 1 aromatic heterocycles. The highest BCUT2D eigenvalue weighted by Crippen LogP contribution is 2.26. The lowest BCUT2D eigenvalue weighted by Gasteiger charge is -2.16. The van der Waals surface area contributed by atoms with E-state index < -0.39 is 15.8 Å². The molecule has 0 saturated heterocycles. The Morgan fingerprint density at radius 2 is 1.74 bits per heavy atom. The Morgan fingerprint density at radius 3 is 2.40 bits per heavy atom. The third-order valence-electron chi connectivity index (χ3n) is 5.63. The van der Waals surface area contributed by atoms with Crippen molar-refractivity contribution in [2.45, 2.75) is 44.6 Å². The van der Waals surface area contributed by atoms with Gasteiger partial charge in [0.25, 0.3) is 5.91 Å². The molecule has 35 heavy (non-hydrogen) atoms. The van der Waals surface area contributed by atoms with Gasteiger partial charge in [-0.25, -0.2) is 13.4 Å². The van der Waals surface area contributed by atoms with Crippen molar-refractivity contribution in [2.75, 3.05) is 16.4 Å². The SMILES string of the molecule is CCC(CC)CS(=O)(=O)c1ccccc1NCc1ccc(C(=O)Nc2nc(CC(=O)[O-])cs2)cc1. The van der Waals surface area contributed by atoms with Gasteiger partial charge in [0.2, 0.25) is 0 Å². The van der Waals surface area contributed by atoms with E-state index in [2.05, 4.69) is 15.6 Å². The van der Waals surface area contributed by atoms with Crippen LogP contribution in [0.25, 0.3) is 0 Å². The Balaban J connectivity index is 1.63. The molecule has 0 aliphatic rings. The quantitative estimate of drug-likeness (QED) is 0.378. The molecule has 0 aliphatic carbocycles. The predicted molar refractivity (Wildman–Crippen MR) is 135 cm³/mol. The van der Waals surface area contributed by atoms with Crippen molar-refractivity contribution >= 4 is 43.9 Å². The molecule has 10 heteroatoms. The Morgan fingerprint density at radius 1 is 1.06 bits per heavy atom. The van der Waals surface area contributed by atoms with E-state index in [0.29, 0.717) is 33.5 Å². The zero-order valence-electron chi connectivity index (χ0n) is 19.6. The summed E-state index contributed by atoms with van der Waals surface area (Å²) in [7, 11) is -3.43. The molecular formula is C25H28N3O5S2-. The van der Waals surface area contributed by atoms with Crippen LogP contribution in [0.4, 0.5) is 10.8 Å². The third kappa shape index (κ3) is 7.37. The highest BCUT2D eigenvalue weighted by molar-refractivity contribution is 7.91. The van der Waals surface area contributed by atoms with E-state index in [1.807, 2.05) is 13.8 Å². The molecule has 186 valence electrons. The van der Waals surface area contributed by atoms with Gasteiger partial charge in [0.15, 0.2) is 15.0 Å². The van der Waals surface area contributed by atoms with Gasteiger partial charge in [-0.2, -0.15) is 0 Å². The van der Waals surface area contributed by atoms with Gasteiger partial charge in [-0.3, -0.25) is 10.1 Å². The van der Waals surface area contributed by atoms with Gasteiger partial charge in [-0.05, 0) is 35.7 Å². The van der Waals surface area contributed by atoms with E-state index in [0.717, 1.165) is 29.7 Å². The minimum absolute atomic E-state index is 0.121. The van der Waals surface area contributed by atoms with Gasteiger partial charge in [-0.15, -0.1) is 11.3 Å². The monoisotopic (exact) mass is 514 g/mol. The summed E-state index contributed by atoms with van der Waals surface area (Å²) in [6.45, 7) is 4.39. The van der Waals surface area contributed by atoms with Crippen LogP contribution < -0.4 is 15.7 Å². The second-order valence-corrected chi connectivity index (χ2v) is 11.0. The van der Waals surface area contributed by atoms with Gasteiger partial charge >= 0.3 is 0 Å². The molecule has 0 saturated carbocycles. The molecule has 0 atom stereocenters. The van der Waals surface area contributed by atoms with E-state index in [1.165, 1.54) is 0 Å².